The molecule has 25 heavy (non-hydrogen) atoms. The molecule has 0 fully saturated rings. The SMILES string of the molecule is CCc1ccccc1NC(=O)c1cncc2c1CCN(S(C)(=O)=O)C2. The van der Waals surface area contributed by atoms with Gasteiger partial charge in [-0.25, -0.2) is 8.42 Å². The van der Waals surface area contributed by atoms with Crippen molar-refractivity contribution in [3.8, 4) is 0 Å². The molecule has 7 heteroatoms. The fourth-order valence-corrected chi connectivity index (χ4v) is 3.88. The number of aromatic nitrogens is 1. The molecule has 0 bridgehead atoms. The molecule has 0 spiro atoms. The highest BCUT2D eigenvalue weighted by molar-refractivity contribution is 7.88. The number of nitrogens with one attached hydrogen (secondary N) is 1. The maximum Gasteiger partial charge on any atom is 0.257 e. The standard InChI is InChI=1S/C18H21N3O3S/c1-3-13-6-4-5-7-17(13)20-18(22)16-11-19-10-14-12-21(25(2,23)24)9-8-15(14)16/h4-7,10-11H,3,8-9,12H2,1-2H3,(H,20,22). The lowest BCUT2D eigenvalue weighted by molar-refractivity contribution is 0.102. The van der Waals surface area contributed by atoms with Crippen molar-refractivity contribution in [1.29, 1.82) is 0 Å². The van der Waals surface area contributed by atoms with Crippen molar-refractivity contribution in [2.45, 2.75) is 26.3 Å². The highest BCUT2D eigenvalue weighted by Crippen LogP contribution is 2.24. The molecule has 1 N–H and O–H groups in total. The molecule has 6 nitrogen and oxygen atoms in total. The van der Waals surface area contributed by atoms with Crippen LogP contribution in [-0.4, -0.2) is 36.4 Å². The number of sulfonamides is 1. The number of para-hydroxylation sites is 1. The third kappa shape index (κ3) is 3.72. The van der Waals surface area contributed by atoms with Gasteiger partial charge in [0.2, 0.25) is 10.0 Å². The predicted molar refractivity (Wildman–Crippen MR) is 97.0 cm³/mol. The van der Waals surface area contributed by atoms with Gasteiger partial charge in [-0.1, -0.05) is 25.1 Å². The van der Waals surface area contributed by atoms with E-state index in [1.807, 2.05) is 31.2 Å². The Bertz CT molecular complexity index is 910. The van der Waals surface area contributed by atoms with Crippen LogP contribution in [0, 0.1) is 0 Å². The van der Waals surface area contributed by atoms with E-state index in [2.05, 4.69) is 10.3 Å². The van der Waals surface area contributed by atoms with Gasteiger partial charge in [-0.2, -0.15) is 4.31 Å². The van der Waals surface area contributed by atoms with Crippen LogP contribution >= 0.6 is 0 Å². The van der Waals surface area contributed by atoms with Crippen LogP contribution in [0.2, 0.25) is 0 Å². The van der Waals surface area contributed by atoms with Crippen LogP contribution in [0.25, 0.3) is 0 Å². The summed E-state index contributed by atoms with van der Waals surface area (Å²) in [5, 5.41) is 2.96. The molecular formula is C18H21N3O3S. The summed E-state index contributed by atoms with van der Waals surface area (Å²) in [5.74, 6) is -0.210. The first-order valence-corrected chi connectivity index (χ1v) is 10.0. The molecule has 1 aliphatic heterocycles. The minimum absolute atomic E-state index is 0.210. The number of nitrogens with zero attached hydrogens (tertiary/aromatic N) is 2. The van der Waals surface area contributed by atoms with Gasteiger partial charge in [-0.15, -0.1) is 0 Å². The van der Waals surface area contributed by atoms with Crippen LogP contribution < -0.4 is 5.32 Å². The molecular weight excluding hydrogens is 338 g/mol. The van der Waals surface area contributed by atoms with Gasteiger partial charge in [0.1, 0.15) is 0 Å². The normalized spacial score (nSPS) is 14.8. The van der Waals surface area contributed by atoms with E-state index in [9.17, 15) is 13.2 Å². The van der Waals surface area contributed by atoms with Gasteiger partial charge in [0.05, 0.1) is 11.8 Å². The molecule has 1 aliphatic rings. The minimum Gasteiger partial charge on any atom is -0.322 e. The van der Waals surface area contributed by atoms with E-state index in [0.29, 0.717) is 18.5 Å². The summed E-state index contributed by atoms with van der Waals surface area (Å²) in [5.41, 5.74) is 4.03. The fraction of sp³-hybridized carbons (Fsp3) is 0.333. The van der Waals surface area contributed by atoms with E-state index in [1.54, 1.807) is 12.4 Å². The lowest BCUT2D eigenvalue weighted by Gasteiger charge is -2.27. The molecule has 1 aromatic heterocycles. The first kappa shape index (κ1) is 17.6. The van der Waals surface area contributed by atoms with Crippen molar-refractivity contribution in [2.24, 2.45) is 0 Å². The van der Waals surface area contributed by atoms with Gasteiger partial charge >= 0.3 is 0 Å². The molecule has 1 amide bonds. The molecule has 2 heterocycles. The average Bonchev–Trinajstić information content (AvgIpc) is 2.60. The van der Waals surface area contributed by atoms with Crippen LogP contribution in [0.5, 0.6) is 0 Å². The Morgan fingerprint density at radius 2 is 2.04 bits per heavy atom. The number of pyridine rings is 1. The zero-order valence-corrected chi connectivity index (χ0v) is 15.1. The van der Waals surface area contributed by atoms with Crippen molar-refractivity contribution < 1.29 is 13.2 Å². The molecule has 132 valence electrons. The summed E-state index contributed by atoms with van der Waals surface area (Å²) in [4.78, 5) is 16.9. The van der Waals surface area contributed by atoms with E-state index >= 15 is 0 Å². The lowest BCUT2D eigenvalue weighted by Crippen LogP contribution is -2.36. The number of hydrogen-bond acceptors (Lipinski definition) is 4. The van der Waals surface area contributed by atoms with Crippen LogP contribution in [0.4, 0.5) is 5.69 Å². The Balaban J connectivity index is 1.88. The lowest BCUT2D eigenvalue weighted by atomic mass is 9.97. The summed E-state index contributed by atoms with van der Waals surface area (Å²) in [6.07, 6.45) is 5.72. The van der Waals surface area contributed by atoms with E-state index in [4.69, 9.17) is 0 Å². The number of carbonyl (C=O) groups excluding carboxylic acids is 1. The van der Waals surface area contributed by atoms with Crippen molar-refractivity contribution in [3.63, 3.8) is 0 Å². The summed E-state index contributed by atoms with van der Waals surface area (Å²) >= 11 is 0. The number of amides is 1. The molecule has 3 rings (SSSR count). The average molecular weight is 359 g/mol. The van der Waals surface area contributed by atoms with Crippen molar-refractivity contribution in [2.75, 3.05) is 18.1 Å². The molecule has 0 unspecified atom stereocenters. The predicted octanol–water partition coefficient (Wildman–Crippen LogP) is 2.21. The first-order valence-electron chi connectivity index (χ1n) is 8.20. The molecule has 0 aliphatic carbocycles. The maximum atomic E-state index is 12.7. The monoisotopic (exact) mass is 359 g/mol. The number of fused-ring (bicyclic) bond motifs is 1. The third-order valence-electron chi connectivity index (χ3n) is 4.46. The molecule has 1 aromatic carbocycles. The smallest absolute Gasteiger partial charge is 0.257 e. The Morgan fingerprint density at radius 1 is 1.28 bits per heavy atom. The van der Waals surface area contributed by atoms with E-state index < -0.39 is 10.0 Å². The molecule has 0 atom stereocenters. The number of aryl methyl sites for hydroxylation is 1. The van der Waals surface area contributed by atoms with Crippen LogP contribution in [0.1, 0.15) is 34.0 Å². The van der Waals surface area contributed by atoms with Gasteiger partial charge < -0.3 is 5.32 Å². The fourth-order valence-electron chi connectivity index (χ4n) is 3.09. The quantitative estimate of drug-likeness (QED) is 0.908. The van der Waals surface area contributed by atoms with Crippen LogP contribution in [0.15, 0.2) is 36.7 Å². The van der Waals surface area contributed by atoms with Crippen molar-refractivity contribution >= 4 is 21.6 Å². The Morgan fingerprint density at radius 3 is 2.76 bits per heavy atom. The highest BCUT2D eigenvalue weighted by atomic mass is 32.2. The van der Waals surface area contributed by atoms with Crippen LogP contribution in [-0.2, 0) is 29.4 Å². The summed E-state index contributed by atoms with van der Waals surface area (Å²) in [6.45, 7) is 2.67. The zero-order valence-electron chi connectivity index (χ0n) is 14.3. The highest BCUT2D eigenvalue weighted by Gasteiger charge is 2.26. The number of benzene rings is 1. The van der Waals surface area contributed by atoms with Gasteiger partial charge in [0.25, 0.3) is 5.91 Å². The third-order valence-corrected chi connectivity index (χ3v) is 5.71. The first-order chi connectivity index (χ1) is 11.9. The number of rotatable bonds is 4. The van der Waals surface area contributed by atoms with Gasteiger partial charge in [-0.05, 0) is 35.6 Å². The number of anilines is 1. The Kier molecular flexibility index (Phi) is 4.87. The van der Waals surface area contributed by atoms with Crippen LogP contribution in [0.3, 0.4) is 0 Å². The zero-order chi connectivity index (χ0) is 18.0. The molecule has 0 radical (unpaired) electrons. The van der Waals surface area contributed by atoms with Gasteiger partial charge in [-0.3, -0.25) is 9.78 Å². The summed E-state index contributed by atoms with van der Waals surface area (Å²) < 4.78 is 24.9. The molecule has 0 saturated carbocycles. The summed E-state index contributed by atoms with van der Waals surface area (Å²) in [6, 6.07) is 7.70. The maximum absolute atomic E-state index is 12.7. The topological polar surface area (TPSA) is 79.4 Å². The molecule has 0 saturated heterocycles. The Hall–Kier alpha value is -2.25. The van der Waals surface area contributed by atoms with Gasteiger partial charge in [0.15, 0.2) is 0 Å². The summed E-state index contributed by atoms with van der Waals surface area (Å²) in [7, 11) is -3.25. The van der Waals surface area contributed by atoms with Gasteiger partial charge in [0, 0.05) is 31.2 Å². The second kappa shape index (κ2) is 6.93. The second-order valence-corrected chi connectivity index (χ2v) is 8.12. The number of carbonyl (C=O) groups is 1. The largest absolute Gasteiger partial charge is 0.322 e. The van der Waals surface area contributed by atoms with Crippen molar-refractivity contribution in [1.82, 2.24) is 9.29 Å². The van der Waals surface area contributed by atoms with Crippen molar-refractivity contribution in [3.05, 3.63) is 58.9 Å². The van der Waals surface area contributed by atoms with E-state index in [1.165, 1.54) is 10.6 Å². The number of hydrogen-bond donors (Lipinski definition) is 1. The molecule has 2 aromatic rings. The second-order valence-electron chi connectivity index (χ2n) is 6.14. The van der Waals surface area contributed by atoms with E-state index in [-0.39, 0.29) is 12.5 Å². The minimum atomic E-state index is -3.25. The Labute approximate surface area is 147 Å². The van der Waals surface area contributed by atoms with E-state index in [0.717, 1.165) is 28.8 Å².